The Kier molecular flexibility index (Phi) is 1.70. The molecule has 0 atom stereocenters. The van der Waals surface area contributed by atoms with Gasteiger partial charge in [-0.2, -0.15) is 4.39 Å². The summed E-state index contributed by atoms with van der Waals surface area (Å²) in [6.07, 6.45) is 3.13. The van der Waals surface area contributed by atoms with E-state index in [0.717, 1.165) is 17.3 Å². The highest BCUT2D eigenvalue weighted by Gasteiger charge is 2.42. The van der Waals surface area contributed by atoms with Gasteiger partial charge in [0.05, 0.1) is 0 Å². The molecule has 1 saturated carbocycles. The van der Waals surface area contributed by atoms with E-state index >= 15 is 0 Å². The largest absolute Gasteiger partial charge is 0.321 e. The molecule has 1 fully saturated rings. The number of hydrogen-bond donors (Lipinski definition) is 1. The molecule has 1 aromatic heterocycles. The van der Waals surface area contributed by atoms with Crippen LogP contribution in [0.15, 0.2) is 16.7 Å². The average Bonchev–Trinajstić information content (AvgIpc) is 2.75. The van der Waals surface area contributed by atoms with Crippen LogP contribution < -0.4 is 5.73 Å². The zero-order valence-electron chi connectivity index (χ0n) is 6.35. The fourth-order valence-corrected chi connectivity index (χ4v) is 1.51. The quantitative estimate of drug-likeness (QED) is 0.750. The van der Waals surface area contributed by atoms with Gasteiger partial charge in [0.2, 0.25) is 5.95 Å². The van der Waals surface area contributed by atoms with Crippen LogP contribution in [0.5, 0.6) is 0 Å². The molecule has 0 bridgehead atoms. The van der Waals surface area contributed by atoms with Gasteiger partial charge in [-0.25, -0.2) is 4.98 Å². The molecule has 0 aliphatic heterocycles. The maximum Gasteiger partial charge on any atom is 0.217 e. The fourth-order valence-electron chi connectivity index (χ4n) is 1.18. The molecule has 2 N–H and O–H groups in total. The lowest BCUT2D eigenvalue weighted by Gasteiger charge is -2.09. The van der Waals surface area contributed by atoms with Gasteiger partial charge in [0.15, 0.2) is 0 Å². The molecule has 1 aliphatic carbocycles. The predicted octanol–water partition coefficient (Wildman–Crippen LogP) is 1.93. The van der Waals surface area contributed by atoms with Crippen molar-refractivity contribution in [3.63, 3.8) is 0 Å². The van der Waals surface area contributed by atoms with E-state index in [4.69, 9.17) is 5.73 Å². The van der Waals surface area contributed by atoms with Crippen molar-refractivity contribution < 1.29 is 4.39 Å². The minimum Gasteiger partial charge on any atom is -0.321 e. The molecular weight excluding hydrogens is 223 g/mol. The van der Waals surface area contributed by atoms with Crippen molar-refractivity contribution in [3.8, 4) is 0 Å². The Morgan fingerprint density at radius 3 is 2.83 bits per heavy atom. The standard InChI is InChI=1S/C8H8BrFN2/c9-5-3-6(7(10)12-4-5)8(11)1-2-8/h3-4H,1-2,11H2. The third-order valence-electron chi connectivity index (χ3n) is 2.13. The first kappa shape index (κ1) is 8.13. The maximum atomic E-state index is 13.1. The Morgan fingerprint density at radius 2 is 2.25 bits per heavy atom. The van der Waals surface area contributed by atoms with Crippen LogP contribution in [0, 0.1) is 5.95 Å². The summed E-state index contributed by atoms with van der Waals surface area (Å²) in [4.78, 5) is 3.59. The van der Waals surface area contributed by atoms with Gasteiger partial charge in [-0.15, -0.1) is 0 Å². The zero-order valence-corrected chi connectivity index (χ0v) is 7.94. The van der Waals surface area contributed by atoms with Gasteiger partial charge in [0, 0.05) is 21.8 Å². The normalized spacial score (nSPS) is 19.2. The van der Waals surface area contributed by atoms with Crippen LogP contribution in [-0.4, -0.2) is 4.98 Å². The Labute approximate surface area is 78.1 Å². The molecule has 2 nitrogen and oxygen atoms in total. The highest BCUT2D eigenvalue weighted by atomic mass is 79.9. The summed E-state index contributed by atoms with van der Waals surface area (Å²) in [5, 5.41) is 0. The first-order valence-electron chi connectivity index (χ1n) is 3.72. The van der Waals surface area contributed by atoms with Crippen molar-refractivity contribution in [2.45, 2.75) is 18.4 Å². The summed E-state index contributed by atoms with van der Waals surface area (Å²) in [7, 11) is 0. The number of pyridine rings is 1. The lowest BCUT2D eigenvalue weighted by molar-refractivity contribution is 0.540. The van der Waals surface area contributed by atoms with Crippen molar-refractivity contribution in [3.05, 3.63) is 28.2 Å². The number of aromatic nitrogens is 1. The van der Waals surface area contributed by atoms with E-state index < -0.39 is 11.5 Å². The molecule has 0 amide bonds. The van der Waals surface area contributed by atoms with Crippen LogP contribution in [0.2, 0.25) is 0 Å². The Balaban J connectivity index is 2.48. The van der Waals surface area contributed by atoms with Crippen LogP contribution in [0.25, 0.3) is 0 Å². The van der Waals surface area contributed by atoms with Gasteiger partial charge >= 0.3 is 0 Å². The first-order chi connectivity index (χ1) is 5.62. The second kappa shape index (κ2) is 2.50. The van der Waals surface area contributed by atoms with Crippen molar-refractivity contribution in [2.75, 3.05) is 0 Å². The van der Waals surface area contributed by atoms with E-state index in [2.05, 4.69) is 20.9 Å². The number of halogens is 2. The summed E-state index contributed by atoms with van der Waals surface area (Å²) < 4.78 is 13.9. The van der Waals surface area contributed by atoms with E-state index in [9.17, 15) is 4.39 Å². The summed E-state index contributed by atoms with van der Waals surface area (Å²) >= 11 is 3.23. The molecule has 12 heavy (non-hydrogen) atoms. The summed E-state index contributed by atoms with van der Waals surface area (Å²) in [5.74, 6) is -0.446. The smallest absolute Gasteiger partial charge is 0.217 e. The Morgan fingerprint density at radius 1 is 1.58 bits per heavy atom. The molecule has 1 aromatic rings. The average molecular weight is 231 g/mol. The molecule has 2 rings (SSSR count). The van der Waals surface area contributed by atoms with Crippen LogP contribution in [-0.2, 0) is 5.54 Å². The topological polar surface area (TPSA) is 38.9 Å². The number of rotatable bonds is 1. The van der Waals surface area contributed by atoms with E-state index in [-0.39, 0.29) is 0 Å². The predicted molar refractivity (Wildman–Crippen MR) is 47.0 cm³/mol. The van der Waals surface area contributed by atoms with Crippen molar-refractivity contribution in [1.29, 1.82) is 0 Å². The lowest BCUT2D eigenvalue weighted by atomic mass is 10.1. The SMILES string of the molecule is NC1(c2cc(Br)cnc2F)CC1. The summed E-state index contributed by atoms with van der Waals surface area (Å²) in [5.41, 5.74) is 5.92. The fraction of sp³-hybridized carbons (Fsp3) is 0.375. The number of hydrogen-bond acceptors (Lipinski definition) is 2. The molecule has 0 aromatic carbocycles. The molecule has 0 unspecified atom stereocenters. The summed E-state index contributed by atoms with van der Waals surface area (Å²) in [6.45, 7) is 0. The van der Waals surface area contributed by atoms with E-state index in [0.29, 0.717) is 5.56 Å². The van der Waals surface area contributed by atoms with Gasteiger partial charge in [-0.3, -0.25) is 0 Å². The van der Waals surface area contributed by atoms with Gasteiger partial charge in [0.25, 0.3) is 0 Å². The third kappa shape index (κ3) is 1.25. The molecule has 1 heterocycles. The van der Waals surface area contributed by atoms with Crippen molar-refractivity contribution in [1.82, 2.24) is 4.98 Å². The van der Waals surface area contributed by atoms with Crippen LogP contribution >= 0.6 is 15.9 Å². The van der Waals surface area contributed by atoms with E-state index in [1.807, 2.05) is 0 Å². The molecular formula is C8H8BrFN2. The maximum absolute atomic E-state index is 13.1. The Hall–Kier alpha value is -0.480. The second-order valence-electron chi connectivity index (χ2n) is 3.15. The zero-order chi connectivity index (χ0) is 8.77. The van der Waals surface area contributed by atoms with Crippen molar-refractivity contribution in [2.24, 2.45) is 5.73 Å². The lowest BCUT2D eigenvalue weighted by Crippen LogP contribution is -2.20. The molecule has 0 saturated heterocycles. The molecule has 0 radical (unpaired) electrons. The van der Waals surface area contributed by atoms with Crippen LogP contribution in [0.3, 0.4) is 0 Å². The highest BCUT2D eigenvalue weighted by molar-refractivity contribution is 9.10. The van der Waals surface area contributed by atoms with E-state index in [1.54, 1.807) is 6.07 Å². The van der Waals surface area contributed by atoms with Crippen molar-refractivity contribution >= 4 is 15.9 Å². The number of nitrogens with two attached hydrogens (primary N) is 1. The molecule has 64 valence electrons. The van der Waals surface area contributed by atoms with Crippen LogP contribution in [0.1, 0.15) is 18.4 Å². The molecule has 4 heteroatoms. The van der Waals surface area contributed by atoms with Gasteiger partial charge in [-0.05, 0) is 34.8 Å². The molecule has 0 spiro atoms. The third-order valence-corrected chi connectivity index (χ3v) is 2.56. The van der Waals surface area contributed by atoms with E-state index in [1.165, 1.54) is 6.20 Å². The number of nitrogens with zero attached hydrogens (tertiary/aromatic N) is 1. The van der Waals surface area contributed by atoms with Gasteiger partial charge < -0.3 is 5.73 Å². The van der Waals surface area contributed by atoms with Gasteiger partial charge in [-0.1, -0.05) is 0 Å². The minimum atomic E-state index is -0.446. The van der Waals surface area contributed by atoms with Gasteiger partial charge in [0.1, 0.15) is 0 Å². The monoisotopic (exact) mass is 230 g/mol. The summed E-state index contributed by atoms with van der Waals surface area (Å²) in [6, 6.07) is 1.70. The highest BCUT2D eigenvalue weighted by Crippen LogP contribution is 2.43. The molecule has 1 aliphatic rings. The minimum absolute atomic E-state index is 0.444. The Bertz CT molecular complexity index is 323. The first-order valence-corrected chi connectivity index (χ1v) is 4.51. The van der Waals surface area contributed by atoms with Crippen LogP contribution in [0.4, 0.5) is 4.39 Å². The second-order valence-corrected chi connectivity index (χ2v) is 4.06.